The van der Waals surface area contributed by atoms with Gasteiger partial charge >= 0.3 is 5.97 Å². The Balaban J connectivity index is 1.87. The summed E-state index contributed by atoms with van der Waals surface area (Å²) < 4.78 is 40.3. The van der Waals surface area contributed by atoms with Gasteiger partial charge < -0.3 is 9.47 Å². The second kappa shape index (κ2) is 9.53. The number of esters is 1. The molecule has 0 spiro atoms. The van der Waals surface area contributed by atoms with Crippen LogP contribution in [0, 0.1) is 6.92 Å². The fourth-order valence-corrected chi connectivity index (χ4v) is 3.82. The highest BCUT2D eigenvalue weighted by molar-refractivity contribution is 7.86. The van der Waals surface area contributed by atoms with Crippen LogP contribution in [-0.2, 0) is 30.3 Å². The van der Waals surface area contributed by atoms with Gasteiger partial charge in [-0.25, -0.2) is 0 Å². The molecule has 27 heavy (non-hydrogen) atoms. The van der Waals surface area contributed by atoms with Crippen molar-refractivity contribution < 1.29 is 26.9 Å². The summed E-state index contributed by atoms with van der Waals surface area (Å²) in [6, 6.07) is 13.8. The maximum atomic E-state index is 12.4. The predicted molar refractivity (Wildman–Crippen MR) is 101 cm³/mol. The maximum Gasteiger partial charge on any atom is 0.309 e. The van der Waals surface area contributed by atoms with E-state index in [1.165, 1.54) is 13.2 Å². The molecule has 146 valence electrons. The van der Waals surface area contributed by atoms with Gasteiger partial charge in [0.05, 0.1) is 31.1 Å². The van der Waals surface area contributed by atoms with Gasteiger partial charge in [0.25, 0.3) is 10.1 Å². The highest BCUT2D eigenvalue weighted by Crippen LogP contribution is 2.20. The van der Waals surface area contributed by atoms with Crippen molar-refractivity contribution in [3.63, 3.8) is 0 Å². The first-order chi connectivity index (χ1) is 12.8. The lowest BCUT2D eigenvalue weighted by Gasteiger charge is -2.15. The Morgan fingerprint density at radius 2 is 1.85 bits per heavy atom. The van der Waals surface area contributed by atoms with Gasteiger partial charge in [-0.05, 0) is 43.2 Å². The maximum absolute atomic E-state index is 12.4. The average molecular weight is 392 g/mol. The van der Waals surface area contributed by atoms with Crippen LogP contribution in [0.3, 0.4) is 0 Å². The molecule has 1 atom stereocenters. The predicted octanol–water partition coefficient (Wildman–Crippen LogP) is 3.27. The van der Waals surface area contributed by atoms with Crippen molar-refractivity contribution in [3.05, 3.63) is 59.7 Å². The van der Waals surface area contributed by atoms with E-state index in [2.05, 4.69) is 4.74 Å². The van der Waals surface area contributed by atoms with Gasteiger partial charge in [0.2, 0.25) is 0 Å². The van der Waals surface area contributed by atoms with Gasteiger partial charge in [-0.2, -0.15) is 8.42 Å². The van der Waals surface area contributed by atoms with Crippen LogP contribution in [0.4, 0.5) is 0 Å². The van der Waals surface area contributed by atoms with Crippen molar-refractivity contribution in [1.82, 2.24) is 0 Å². The zero-order valence-electron chi connectivity index (χ0n) is 15.7. The third-order valence-corrected chi connectivity index (χ3v) is 5.50. The summed E-state index contributed by atoms with van der Waals surface area (Å²) in [6.07, 6.45) is 0.0293. The molecule has 0 aromatic heterocycles. The Morgan fingerprint density at radius 1 is 1.11 bits per heavy atom. The van der Waals surface area contributed by atoms with E-state index in [0.717, 1.165) is 5.56 Å². The third-order valence-electron chi connectivity index (χ3n) is 3.92. The monoisotopic (exact) mass is 392 g/mol. The zero-order chi connectivity index (χ0) is 19.9. The van der Waals surface area contributed by atoms with Crippen LogP contribution in [0.1, 0.15) is 24.5 Å². The quantitative estimate of drug-likeness (QED) is 0.481. The molecule has 0 amide bonds. The largest absolute Gasteiger partial charge is 0.493 e. The van der Waals surface area contributed by atoms with Gasteiger partial charge in [-0.15, -0.1) is 0 Å². The number of carbonyl (C=O) groups is 1. The second-order valence-electron chi connectivity index (χ2n) is 6.16. The molecule has 0 bridgehead atoms. The molecule has 0 unspecified atom stereocenters. The first-order valence-corrected chi connectivity index (χ1v) is 10.00. The van der Waals surface area contributed by atoms with Crippen molar-refractivity contribution in [2.45, 2.75) is 37.7 Å². The molecule has 0 radical (unpaired) electrons. The third kappa shape index (κ3) is 6.37. The van der Waals surface area contributed by atoms with Crippen LogP contribution in [-0.4, -0.2) is 34.2 Å². The minimum absolute atomic E-state index is 0.169. The van der Waals surface area contributed by atoms with E-state index in [0.29, 0.717) is 17.7 Å². The molecule has 0 aliphatic heterocycles. The SMILES string of the molecule is COC(=O)Cc1cccc(OCC[C@H](C)OS(=O)(=O)c2ccccc2C)c1. The van der Waals surface area contributed by atoms with E-state index in [9.17, 15) is 13.2 Å². The highest BCUT2D eigenvalue weighted by atomic mass is 32.2. The molecule has 0 saturated heterocycles. The summed E-state index contributed by atoms with van der Waals surface area (Å²) in [5.41, 5.74) is 1.43. The van der Waals surface area contributed by atoms with Crippen LogP contribution in [0.15, 0.2) is 53.4 Å². The number of hydrogen-bond donors (Lipinski definition) is 0. The Morgan fingerprint density at radius 3 is 2.56 bits per heavy atom. The summed E-state index contributed by atoms with van der Waals surface area (Å²) in [5.74, 6) is 0.279. The zero-order valence-corrected chi connectivity index (χ0v) is 16.5. The van der Waals surface area contributed by atoms with E-state index in [4.69, 9.17) is 8.92 Å². The molecule has 7 heteroatoms. The van der Waals surface area contributed by atoms with Crippen molar-refractivity contribution in [1.29, 1.82) is 0 Å². The number of benzene rings is 2. The van der Waals surface area contributed by atoms with E-state index in [1.54, 1.807) is 50.2 Å². The van der Waals surface area contributed by atoms with E-state index in [1.807, 2.05) is 6.07 Å². The number of ether oxygens (including phenoxy) is 2. The Bertz CT molecular complexity index is 876. The highest BCUT2D eigenvalue weighted by Gasteiger charge is 2.20. The van der Waals surface area contributed by atoms with Gasteiger partial charge in [0.15, 0.2) is 0 Å². The molecule has 0 heterocycles. The first-order valence-electron chi connectivity index (χ1n) is 8.59. The summed E-state index contributed by atoms with van der Waals surface area (Å²) in [7, 11) is -2.47. The molecule has 6 nitrogen and oxygen atoms in total. The lowest BCUT2D eigenvalue weighted by atomic mass is 10.1. The number of aryl methyl sites for hydroxylation is 1. The molecule has 0 fully saturated rings. The second-order valence-corrected chi connectivity index (χ2v) is 7.70. The smallest absolute Gasteiger partial charge is 0.309 e. The first kappa shape index (κ1) is 20.9. The van der Waals surface area contributed by atoms with Crippen LogP contribution in [0.25, 0.3) is 0 Å². The van der Waals surface area contributed by atoms with Gasteiger partial charge in [0, 0.05) is 6.42 Å². The molecule has 0 aliphatic rings. The van der Waals surface area contributed by atoms with E-state index < -0.39 is 16.2 Å². The standard InChI is InChI=1S/C20H24O6S/c1-15-7-4-5-10-19(15)27(22,23)26-16(2)11-12-25-18-9-6-8-17(13-18)14-20(21)24-3/h4-10,13,16H,11-12,14H2,1-3H3/t16-/m0/s1. The minimum atomic E-state index is -3.82. The van der Waals surface area contributed by atoms with Crippen molar-refractivity contribution >= 4 is 16.1 Å². The summed E-state index contributed by atoms with van der Waals surface area (Å²) >= 11 is 0. The van der Waals surface area contributed by atoms with Gasteiger partial charge in [-0.3, -0.25) is 8.98 Å². The average Bonchev–Trinajstić information content (AvgIpc) is 2.61. The molecule has 2 aromatic rings. The topological polar surface area (TPSA) is 78.9 Å². The van der Waals surface area contributed by atoms with E-state index in [-0.39, 0.29) is 23.9 Å². The molecular weight excluding hydrogens is 368 g/mol. The Kier molecular flexibility index (Phi) is 7.38. The van der Waals surface area contributed by atoms with Crippen LogP contribution in [0.2, 0.25) is 0 Å². The summed E-state index contributed by atoms with van der Waals surface area (Å²) in [5, 5.41) is 0. The molecule has 2 aromatic carbocycles. The molecule has 2 rings (SSSR count). The number of methoxy groups -OCH3 is 1. The lowest BCUT2D eigenvalue weighted by Crippen LogP contribution is -2.18. The number of rotatable bonds is 9. The van der Waals surface area contributed by atoms with Gasteiger partial charge in [-0.1, -0.05) is 30.3 Å². The van der Waals surface area contributed by atoms with Crippen LogP contribution in [0.5, 0.6) is 5.75 Å². The molecule has 0 saturated carbocycles. The Labute approximate surface area is 160 Å². The molecule has 0 N–H and O–H groups in total. The van der Waals surface area contributed by atoms with Crippen molar-refractivity contribution in [2.75, 3.05) is 13.7 Å². The van der Waals surface area contributed by atoms with Crippen LogP contribution >= 0.6 is 0 Å². The molecular formula is C20H24O6S. The van der Waals surface area contributed by atoms with E-state index >= 15 is 0 Å². The van der Waals surface area contributed by atoms with Crippen molar-refractivity contribution in [3.8, 4) is 5.75 Å². The Hall–Kier alpha value is -2.38. The fraction of sp³-hybridized carbons (Fsp3) is 0.350. The molecule has 0 aliphatic carbocycles. The summed E-state index contributed by atoms with van der Waals surface area (Å²) in [6.45, 7) is 3.70. The normalized spacial score (nSPS) is 12.4. The van der Waals surface area contributed by atoms with Gasteiger partial charge in [0.1, 0.15) is 5.75 Å². The number of carbonyl (C=O) groups excluding carboxylic acids is 1. The minimum Gasteiger partial charge on any atom is -0.493 e. The number of hydrogen-bond acceptors (Lipinski definition) is 6. The lowest BCUT2D eigenvalue weighted by molar-refractivity contribution is -0.139. The van der Waals surface area contributed by atoms with Crippen LogP contribution < -0.4 is 4.74 Å². The summed E-state index contributed by atoms with van der Waals surface area (Å²) in [4.78, 5) is 11.5. The fourth-order valence-electron chi connectivity index (χ4n) is 2.48. The van der Waals surface area contributed by atoms with Crippen molar-refractivity contribution in [2.24, 2.45) is 0 Å².